The van der Waals surface area contributed by atoms with Gasteiger partial charge in [-0.2, -0.15) is 0 Å². The van der Waals surface area contributed by atoms with E-state index in [-0.39, 0.29) is 16.6 Å². The SMILES string of the molecule is C=C1/C(=C\C=C2/CCC[C@]3(C)[C@@H](C(C)(C)/C=C/[C@@H](O)C4(C(=O)CC)CC4)CC[C@@H]23)C[C@@H](O)C[C@@H]1O. The molecule has 4 heteroatoms. The number of hydrogen-bond donors (Lipinski definition) is 3. The van der Waals surface area contributed by atoms with E-state index in [1.807, 2.05) is 13.0 Å². The summed E-state index contributed by atoms with van der Waals surface area (Å²) in [7, 11) is 0. The van der Waals surface area contributed by atoms with Gasteiger partial charge in [0.25, 0.3) is 0 Å². The Bertz CT molecular complexity index is 934. The molecule has 0 aliphatic heterocycles. The summed E-state index contributed by atoms with van der Waals surface area (Å²) in [6, 6.07) is 0. The Morgan fingerprint density at radius 1 is 1.20 bits per heavy atom. The van der Waals surface area contributed by atoms with E-state index in [1.165, 1.54) is 24.8 Å². The number of allylic oxidation sites excluding steroid dienone is 4. The van der Waals surface area contributed by atoms with Crippen LogP contribution in [0.4, 0.5) is 0 Å². The number of carbonyl (C=O) groups excluding carboxylic acids is 1. The summed E-state index contributed by atoms with van der Waals surface area (Å²) in [5.74, 6) is 1.22. The van der Waals surface area contributed by atoms with Gasteiger partial charge in [-0.1, -0.05) is 64.2 Å². The van der Waals surface area contributed by atoms with Crippen molar-refractivity contribution in [2.24, 2.45) is 28.1 Å². The minimum Gasteiger partial charge on any atom is -0.393 e. The van der Waals surface area contributed by atoms with E-state index in [1.54, 1.807) is 0 Å². The summed E-state index contributed by atoms with van der Waals surface area (Å²) in [5.41, 5.74) is 2.81. The van der Waals surface area contributed by atoms with Gasteiger partial charge in [-0.05, 0) is 85.2 Å². The van der Waals surface area contributed by atoms with E-state index in [2.05, 4.69) is 45.6 Å². The number of fused-ring (bicyclic) bond motifs is 1. The molecule has 0 saturated heterocycles. The van der Waals surface area contributed by atoms with Crippen LogP contribution in [0.1, 0.15) is 91.9 Å². The van der Waals surface area contributed by atoms with Crippen molar-refractivity contribution in [2.45, 2.75) is 110 Å². The third kappa shape index (κ3) is 4.91. The predicted molar refractivity (Wildman–Crippen MR) is 141 cm³/mol. The molecule has 0 heterocycles. The number of aliphatic hydroxyl groups excluding tert-OH is 3. The molecular weight excluding hydrogens is 436 g/mol. The fourth-order valence-electron chi connectivity index (χ4n) is 7.79. The summed E-state index contributed by atoms with van der Waals surface area (Å²) >= 11 is 0. The van der Waals surface area contributed by atoms with Crippen LogP contribution in [0.5, 0.6) is 0 Å². The molecule has 0 aromatic heterocycles. The van der Waals surface area contributed by atoms with Crippen LogP contribution in [0.3, 0.4) is 0 Å². The van der Waals surface area contributed by atoms with Crippen LogP contribution >= 0.6 is 0 Å². The van der Waals surface area contributed by atoms with Gasteiger partial charge < -0.3 is 15.3 Å². The molecule has 6 atom stereocenters. The van der Waals surface area contributed by atoms with E-state index >= 15 is 0 Å². The molecular formula is C31H46O4. The fourth-order valence-corrected chi connectivity index (χ4v) is 7.79. The van der Waals surface area contributed by atoms with Crippen molar-refractivity contribution in [2.75, 3.05) is 0 Å². The first-order valence-electron chi connectivity index (χ1n) is 13.8. The van der Waals surface area contributed by atoms with E-state index in [4.69, 9.17) is 0 Å². The average Bonchev–Trinajstić information content (AvgIpc) is 3.54. The van der Waals surface area contributed by atoms with Gasteiger partial charge in [-0.25, -0.2) is 0 Å². The quantitative estimate of drug-likeness (QED) is 0.399. The lowest BCUT2D eigenvalue weighted by Crippen LogP contribution is -2.39. The highest BCUT2D eigenvalue weighted by Gasteiger charge is 2.55. The van der Waals surface area contributed by atoms with Gasteiger partial charge in [-0.15, -0.1) is 0 Å². The van der Waals surface area contributed by atoms with Crippen LogP contribution in [0.15, 0.2) is 47.6 Å². The molecule has 0 unspecified atom stereocenters. The Hall–Kier alpha value is -1.49. The highest BCUT2D eigenvalue weighted by Crippen LogP contribution is 2.62. The van der Waals surface area contributed by atoms with Crippen LogP contribution in [0.25, 0.3) is 0 Å². The first kappa shape index (κ1) is 26.6. The lowest BCUT2D eigenvalue weighted by atomic mass is 9.57. The first-order valence-corrected chi connectivity index (χ1v) is 13.8. The topological polar surface area (TPSA) is 77.8 Å². The van der Waals surface area contributed by atoms with Crippen molar-refractivity contribution in [1.82, 2.24) is 0 Å². The molecule has 4 saturated carbocycles. The molecule has 194 valence electrons. The van der Waals surface area contributed by atoms with Gasteiger partial charge in [0.1, 0.15) is 5.78 Å². The van der Waals surface area contributed by atoms with Crippen LogP contribution in [0, 0.1) is 28.1 Å². The minimum absolute atomic E-state index is 0.0669. The number of rotatable bonds is 7. The van der Waals surface area contributed by atoms with Crippen molar-refractivity contribution >= 4 is 5.78 Å². The average molecular weight is 483 g/mol. The molecule has 4 rings (SSSR count). The summed E-state index contributed by atoms with van der Waals surface area (Å²) in [4.78, 5) is 12.4. The van der Waals surface area contributed by atoms with Crippen molar-refractivity contribution < 1.29 is 20.1 Å². The Kier molecular flexibility index (Phi) is 7.41. The molecule has 4 nitrogen and oxygen atoms in total. The second kappa shape index (κ2) is 9.76. The van der Waals surface area contributed by atoms with Crippen LogP contribution in [-0.2, 0) is 4.79 Å². The van der Waals surface area contributed by atoms with Crippen molar-refractivity contribution in [3.8, 4) is 0 Å². The number of hydrogen-bond acceptors (Lipinski definition) is 4. The number of carbonyl (C=O) groups is 1. The molecule has 35 heavy (non-hydrogen) atoms. The van der Waals surface area contributed by atoms with Crippen LogP contribution in [-0.4, -0.2) is 39.4 Å². The molecule has 4 aliphatic carbocycles. The van der Waals surface area contributed by atoms with Gasteiger partial charge in [0, 0.05) is 12.8 Å². The fraction of sp³-hybridized carbons (Fsp3) is 0.710. The summed E-state index contributed by atoms with van der Waals surface area (Å²) < 4.78 is 0. The second-order valence-electron chi connectivity index (χ2n) is 12.7. The highest BCUT2D eigenvalue weighted by molar-refractivity contribution is 5.88. The zero-order valence-corrected chi connectivity index (χ0v) is 22.2. The molecule has 3 N–H and O–H groups in total. The van der Waals surface area contributed by atoms with Gasteiger partial charge in [0.2, 0.25) is 0 Å². The molecule has 0 spiro atoms. The zero-order chi connectivity index (χ0) is 25.6. The molecule has 0 amide bonds. The highest BCUT2D eigenvalue weighted by atomic mass is 16.3. The second-order valence-corrected chi connectivity index (χ2v) is 12.7. The van der Waals surface area contributed by atoms with E-state index in [0.29, 0.717) is 31.1 Å². The Morgan fingerprint density at radius 2 is 1.91 bits per heavy atom. The minimum atomic E-state index is -0.679. The summed E-state index contributed by atoms with van der Waals surface area (Å²) in [5, 5.41) is 31.2. The third-order valence-corrected chi connectivity index (χ3v) is 10.1. The summed E-state index contributed by atoms with van der Waals surface area (Å²) in [6.45, 7) is 13.0. The largest absolute Gasteiger partial charge is 0.393 e. The van der Waals surface area contributed by atoms with Gasteiger partial charge in [0.15, 0.2) is 0 Å². The maximum atomic E-state index is 12.4. The Morgan fingerprint density at radius 3 is 2.57 bits per heavy atom. The maximum absolute atomic E-state index is 12.4. The smallest absolute Gasteiger partial charge is 0.141 e. The van der Waals surface area contributed by atoms with Crippen molar-refractivity contribution in [3.05, 3.63) is 47.6 Å². The van der Waals surface area contributed by atoms with Gasteiger partial charge >= 0.3 is 0 Å². The molecule has 0 aromatic rings. The number of Topliss-reactive ketones (excluding diaryl/α,β-unsaturated/α-hetero) is 1. The maximum Gasteiger partial charge on any atom is 0.141 e. The van der Waals surface area contributed by atoms with E-state index in [9.17, 15) is 20.1 Å². The standard InChI is InChI=1S/C31H46O4/c1-6-27(34)31(16-17-31)28(35)13-15-29(3,4)26-12-11-24-21(8-7-14-30(24,26)5)9-10-22-18-23(32)19-25(33)20(22)2/h9-10,13,15,23-26,28,32-33,35H,2,6-8,11-12,14,16-19H2,1,3-5H3/b15-13+,21-9+,22-10-/t23-,24+,25+,26-,28-,30+/m1/s1. The lowest BCUT2D eigenvalue weighted by Gasteiger charge is -2.47. The Labute approximate surface area is 211 Å². The van der Waals surface area contributed by atoms with Crippen molar-refractivity contribution in [1.29, 1.82) is 0 Å². The van der Waals surface area contributed by atoms with Crippen LogP contribution in [0.2, 0.25) is 0 Å². The van der Waals surface area contributed by atoms with Crippen molar-refractivity contribution in [3.63, 3.8) is 0 Å². The molecule has 0 radical (unpaired) electrons. The Balaban J connectivity index is 1.51. The molecule has 4 aliphatic rings. The molecule has 0 bridgehead atoms. The predicted octanol–water partition coefficient (Wildman–Crippen LogP) is 5.83. The van der Waals surface area contributed by atoms with Gasteiger partial charge in [-0.3, -0.25) is 4.79 Å². The molecule has 0 aromatic carbocycles. The lowest BCUT2D eigenvalue weighted by molar-refractivity contribution is -0.126. The van der Waals surface area contributed by atoms with E-state index < -0.39 is 23.7 Å². The monoisotopic (exact) mass is 482 g/mol. The zero-order valence-electron chi connectivity index (χ0n) is 22.2. The van der Waals surface area contributed by atoms with Crippen LogP contribution < -0.4 is 0 Å². The van der Waals surface area contributed by atoms with E-state index in [0.717, 1.165) is 36.8 Å². The normalized spacial score (nSPS) is 38.2. The summed E-state index contributed by atoms with van der Waals surface area (Å²) in [6.07, 6.45) is 15.5. The molecule has 4 fully saturated rings. The third-order valence-electron chi connectivity index (χ3n) is 10.1. The number of aliphatic hydroxyl groups is 3. The number of ketones is 1. The first-order chi connectivity index (χ1) is 16.4. The van der Waals surface area contributed by atoms with Gasteiger partial charge in [0.05, 0.1) is 23.7 Å².